The first kappa shape index (κ1) is 23.4. The van der Waals surface area contributed by atoms with Gasteiger partial charge in [0.2, 0.25) is 0 Å². The van der Waals surface area contributed by atoms with Crippen molar-refractivity contribution >= 4 is 46.7 Å². The molecule has 3 aromatic rings. The molecule has 0 atom stereocenters. The lowest BCUT2D eigenvalue weighted by Crippen LogP contribution is -2.23. The molecule has 2 aromatic carbocycles. The van der Waals surface area contributed by atoms with Gasteiger partial charge in [0.05, 0.1) is 0 Å². The number of carbonyl (C=O) groups is 2. The largest absolute Gasteiger partial charge is 0.483 e. The Morgan fingerprint density at radius 3 is 1.62 bits per heavy atom. The second-order valence-electron chi connectivity index (χ2n) is 6.90. The molecule has 166 valence electrons. The van der Waals surface area contributed by atoms with E-state index >= 15 is 0 Å². The molecule has 3 rings (SSSR count). The first-order valence-corrected chi connectivity index (χ1v) is 10.4. The number of pyridine rings is 1. The smallest absolute Gasteiger partial charge is 0.263 e. The zero-order chi connectivity index (χ0) is 23.1. The third-order valence-electron chi connectivity index (χ3n) is 4.28. The molecule has 0 aliphatic carbocycles. The van der Waals surface area contributed by atoms with Crippen LogP contribution < -0.4 is 20.1 Å². The van der Waals surface area contributed by atoms with Crippen LogP contribution >= 0.6 is 23.2 Å². The Kier molecular flexibility index (Phi) is 7.92. The fraction of sp³-hybridized carbons (Fsp3) is 0.174. The number of aryl methyl sites for hydroxylation is 2. The van der Waals surface area contributed by atoms with Crippen LogP contribution in [0.3, 0.4) is 0 Å². The Morgan fingerprint density at radius 1 is 0.781 bits per heavy atom. The van der Waals surface area contributed by atoms with Crippen LogP contribution in [-0.2, 0) is 9.59 Å². The molecule has 0 aliphatic heterocycles. The van der Waals surface area contributed by atoms with Crippen LogP contribution in [-0.4, -0.2) is 30.0 Å². The van der Waals surface area contributed by atoms with Crippen molar-refractivity contribution < 1.29 is 19.1 Å². The van der Waals surface area contributed by atoms with Crippen molar-refractivity contribution in [2.24, 2.45) is 0 Å². The first-order chi connectivity index (χ1) is 15.3. The van der Waals surface area contributed by atoms with Crippen molar-refractivity contribution in [1.29, 1.82) is 0 Å². The van der Waals surface area contributed by atoms with Crippen molar-refractivity contribution in [1.82, 2.24) is 4.98 Å². The number of hydrogen-bond donors (Lipinski definition) is 2. The summed E-state index contributed by atoms with van der Waals surface area (Å²) in [6.07, 6.45) is 0. The molecule has 0 unspecified atom stereocenters. The van der Waals surface area contributed by atoms with Gasteiger partial charge in [-0.3, -0.25) is 9.59 Å². The summed E-state index contributed by atoms with van der Waals surface area (Å²) in [5.74, 6) is 0.898. The van der Waals surface area contributed by atoms with Gasteiger partial charge in [0.15, 0.2) is 13.2 Å². The number of halogens is 2. The van der Waals surface area contributed by atoms with Gasteiger partial charge in [0.1, 0.15) is 23.1 Å². The zero-order valence-electron chi connectivity index (χ0n) is 17.4. The number of rotatable bonds is 8. The van der Waals surface area contributed by atoms with Gasteiger partial charge in [0, 0.05) is 10.0 Å². The highest BCUT2D eigenvalue weighted by Crippen LogP contribution is 2.22. The summed E-state index contributed by atoms with van der Waals surface area (Å²) in [7, 11) is 0. The van der Waals surface area contributed by atoms with E-state index in [1.54, 1.807) is 54.6 Å². The SMILES string of the molecule is Cc1cc(Cl)ccc1OCC(=O)Nc1cccc(NC(=O)COc2ccc(Cl)cc2C)n1. The highest BCUT2D eigenvalue weighted by atomic mass is 35.5. The standard InChI is InChI=1S/C23H21Cl2N3O4/c1-14-10-16(24)6-8-18(14)31-12-22(29)27-20-4-3-5-21(26-20)28-23(30)13-32-19-9-7-17(25)11-15(19)2/h3-11H,12-13H2,1-2H3,(H2,26,27,28,29,30). The van der Waals surface area contributed by atoms with Gasteiger partial charge < -0.3 is 20.1 Å². The highest BCUT2D eigenvalue weighted by Gasteiger charge is 2.10. The second kappa shape index (κ2) is 10.8. The highest BCUT2D eigenvalue weighted by molar-refractivity contribution is 6.31. The number of nitrogens with one attached hydrogen (secondary N) is 2. The van der Waals surface area contributed by atoms with E-state index in [0.29, 0.717) is 21.5 Å². The predicted molar refractivity (Wildman–Crippen MR) is 125 cm³/mol. The maximum atomic E-state index is 12.2. The molecular formula is C23H21Cl2N3O4. The quantitative estimate of drug-likeness (QED) is 0.478. The van der Waals surface area contributed by atoms with E-state index in [1.165, 1.54) is 0 Å². The maximum absolute atomic E-state index is 12.2. The van der Waals surface area contributed by atoms with Crippen LogP contribution in [0.2, 0.25) is 10.0 Å². The van der Waals surface area contributed by atoms with Crippen molar-refractivity contribution in [3.05, 3.63) is 75.8 Å². The summed E-state index contributed by atoms with van der Waals surface area (Å²) in [5.41, 5.74) is 1.65. The summed E-state index contributed by atoms with van der Waals surface area (Å²) in [5, 5.41) is 6.45. The molecular weight excluding hydrogens is 453 g/mol. The maximum Gasteiger partial charge on any atom is 0.263 e. The molecule has 0 radical (unpaired) electrons. The zero-order valence-corrected chi connectivity index (χ0v) is 19.0. The molecule has 0 fully saturated rings. The fourth-order valence-corrected chi connectivity index (χ4v) is 3.22. The predicted octanol–water partition coefficient (Wildman–Crippen LogP) is 5.04. The minimum atomic E-state index is -0.392. The monoisotopic (exact) mass is 473 g/mol. The summed E-state index contributed by atoms with van der Waals surface area (Å²) in [4.78, 5) is 28.6. The third kappa shape index (κ3) is 6.87. The minimum absolute atomic E-state index is 0.199. The summed E-state index contributed by atoms with van der Waals surface area (Å²) in [6, 6.07) is 15.2. The van der Waals surface area contributed by atoms with E-state index in [-0.39, 0.29) is 24.8 Å². The number of amides is 2. The molecule has 32 heavy (non-hydrogen) atoms. The second-order valence-corrected chi connectivity index (χ2v) is 7.77. The Bertz CT molecular complexity index is 1050. The summed E-state index contributed by atoms with van der Waals surface area (Å²) >= 11 is 11.8. The number of benzene rings is 2. The van der Waals surface area contributed by atoms with E-state index in [0.717, 1.165) is 11.1 Å². The number of nitrogens with zero attached hydrogens (tertiary/aromatic N) is 1. The number of ether oxygens (including phenoxy) is 2. The number of carbonyl (C=O) groups excluding carboxylic acids is 2. The van der Waals surface area contributed by atoms with Crippen LogP contribution in [0, 0.1) is 13.8 Å². The normalized spacial score (nSPS) is 10.4. The van der Waals surface area contributed by atoms with Gasteiger partial charge >= 0.3 is 0 Å². The van der Waals surface area contributed by atoms with Crippen LogP contribution in [0.5, 0.6) is 11.5 Å². The molecule has 0 saturated heterocycles. The van der Waals surface area contributed by atoms with Gasteiger partial charge in [-0.2, -0.15) is 0 Å². The van der Waals surface area contributed by atoms with Gasteiger partial charge in [0.25, 0.3) is 11.8 Å². The summed E-state index contributed by atoms with van der Waals surface area (Å²) in [6.45, 7) is 3.28. The Hall–Kier alpha value is -3.29. The van der Waals surface area contributed by atoms with E-state index in [2.05, 4.69) is 15.6 Å². The van der Waals surface area contributed by atoms with Gasteiger partial charge in [-0.1, -0.05) is 29.3 Å². The lowest BCUT2D eigenvalue weighted by atomic mass is 10.2. The molecule has 2 N–H and O–H groups in total. The number of anilines is 2. The molecule has 0 saturated carbocycles. The Labute approximate surface area is 195 Å². The van der Waals surface area contributed by atoms with Crippen molar-refractivity contribution in [2.75, 3.05) is 23.8 Å². The molecule has 2 amide bonds. The van der Waals surface area contributed by atoms with Crippen LogP contribution in [0.4, 0.5) is 11.6 Å². The summed E-state index contributed by atoms with van der Waals surface area (Å²) < 4.78 is 11.0. The van der Waals surface area contributed by atoms with Gasteiger partial charge in [-0.15, -0.1) is 0 Å². The van der Waals surface area contributed by atoms with Crippen LogP contribution in [0.25, 0.3) is 0 Å². The average Bonchev–Trinajstić information content (AvgIpc) is 2.73. The Morgan fingerprint density at radius 2 is 1.22 bits per heavy atom. The molecule has 0 spiro atoms. The molecule has 1 aromatic heterocycles. The van der Waals surface area contributed by atoms with Gasteiger partial charge in [-0.05, 0) is 73.5 Å². The molecule has 1 heterocycles. The van der Waals surface area contributed by atoms with Crippen molar-refractivity contribution in [3.8, 4) is 11.5 Å². The lowest BCUT2D eigenvalue weighted by Gasteiger charge is -2.11. The molecule has 9 heteroatoms. The van der Waals surface area contributed by atoms with E-state index in [1.807, 2.05) is 13.8 Å². The van der Waals surface area contributed by atoms with E-state index in [4.69, 9.17) is 32.7 Å². The van der Waals surface area contributed by atoms with E-state index in [9.17, 15) is 9.59 Å². The van der Waals surface area contributed by atoms with Crippen LogP contribution in [0.15, 0.2) is 54.6 Å². The minimum Gasteiger partial charge on any atom is -0.483 e. The third-order valence-corrected chi connectivity index (χ3v) is 4.75. The van der Waals surface area contributed by atoms with Gasteiger partial charge in [-0.25, -0.2) is 4.98 Å². The number of hydrogen-bond acceptors (Lipinski definition) is 5. The first-order valence-electron chi connectivity index (χ1n) is 9.65. The molecule has 7 nitrogen and oxygen atoms in total. The number of aromatic nitrogens is 1. The Balaban J connectivity index is 1.50. The topological polar surface area (TPSA) is 89.6 Å². The van der Waals surface area contributed by atoms with Crippen LogP contribution in [0.1, 0.15) is 11.1 Å². The lowest BCUT2D eigenvalue weighted by molar-refractivity contribution is -0.118. The van der Waals surface area contributed by atoms with E-state index < -0.39 is 11.8 Å². The molecule has 0 aliphatic rings. The fourth-order valence-electron chi connectivity index (χ4n) is 2.77. The molecule has 0 bridgehead atoms. The van der Waals surface area contributed by atoms with Crippen molar-refractivity contribution in [2.45, 2.75) is 13.8 Å². The average molecular weight is 474 g/mol. The van der Waals surface area contributed by atoms with Crippen molar-refractivity contribution in [3.63, 3.8) is 0 Å².